The summed E-state index contributed by atoms with van der Waals surface area (Å²) in [6.45, 7) is 6.09. The summed E-state index contributed by atoms with van der Waals surface area (Å²) in [6.07, 6.45) is 14.2. The molecule has 2 nitrogen and oxygen atoms in total. The van der Waals surface area contributed by atoms with Gasteiger partial charge in [0.25, 0.3) is 0 Å². The van der Waals surface area contributed by atoms with Crippen molar-refractivity contribution in [1.29, 1.82) is 0 Å². The Morgan fingerprint density at radius 2 is 1.48 bits per heavy atom. The molecule has 0 spiro atoms. The van der Waals surface area contributed by atoms with Gasteiger partial charge in [-0.3, -0.25) is 0 Å². The van der Waals surface area contributed by atoms with Crippen molar-refractivity contribution < 1.29 is 8.85 Å². The van der Waals surface area contributed by atoms with Gasteiger partial charge in [-0.1, -0.05) is 38.5 Å². The maximum Gasteiger partial charge on any atom is 0.344 e. The molecule has 0 N–H and O–H groups in total. The molecule has 0 amide bonds. The van der Waals surface area contributed by atoms with Crippen LogP contribution in [-0.2, 0) is 8.85 Å². The highest BCUT2D eigenvalue weighted by molar-refractivity contribution is 6.70. The third kappa shape index (κ3) is 3.11. The van der Waals surface area contributed by atoms with Crippen LogP contribution < -0.4 is 0 Å². The molecular weight excluding hydrogens is 276 g/mol. The first-order chi connectivity index (χ1) is 10.3. The number of hydrogen-bond acceptors (Lipinski definition) is 2. The van der Waals surface area contributed by atoms with E-state index in [2.05, 4.69) is 13.8 Å². The second-order valence-electron chi connectivity index (χ2n) is 7.56. The minimum absolute atomic E-state index is 0.768. The molecule has 3 atom stereocenters. The van der Waals surface area contributed by atoms with Crippen molar-refractivity contribution in [2.45, 2.75) is 89.1 Å². The predicted octanol–water partition coefficient (Wildman–Crippen LogP) is 5.42. The third-order valence-corrected chi connectivity index (χ3v) is 11.4. The van der Waals surface area contributed by atoms with Crippen LogP contribution in [0.5, 0.6) is 0 Å². The minimum Gasteiger partial charge on any atom is -0.394 e. The molecule has 3 heteroatoms. The van der Waals surface area contributed by atoms with Crippen molar-refractivity contribution >= 4 is 8.56 Å². The summed E-state index contributed by atoms with van der Waals surface area (Å²) in [4.78, 5) is 0. The van der Waals surface area contributed by atoms with Gasteiger partial charge in [-0.05, 0) is 51.4 Å². The average molecular weight is 311 g/mol. The van der Waals surface area contributed by atoms with Gasteiger partial charge in [0.15, 0.2) is 0 Å². The molecule has 3 aliphatic carbocycles. The molecule has 0 aromatic heterocycles. The lowest BCUT2D eigenvalue weighted by Crippen LogP contribution is -2.52. The molecule has 3 saturated carbocycles. The normalized spacial score (nSPS) is 34.3. The lowest BCUT2D eigenvalue weighted by Gasteiger charge is -2.44. The lowest BCUT2D eigenvalue weighted by molar-refractivity contribution is 0.147. The van der Waals surface area contributed by atoms with E-state index in [9.17, 15) is 0 Å². The van der Waals surface area contributed by atoms with E-state index < -0.39 is 8.56 Å². The van der Waals surface area contributed by atoms with E-state index in [0.717, 1.165) is 36.1 Å². The Morgan fingerprint density at radius 3 is 1.95 bits per heavy atom. The van der Waals surface area contributed by atoms with Gasteiger partial charge in [-0.15, -0.1) is 0 Å². The predicted molar refractivity (Wildman–Crippen MR) is 89.7 cm³/mol. The average Bonchev–Trinajstić information content (AvgIpc) is 3.01. The minimum atomic E-state index is -2.05. The Morgan fingerprint density at radius 1 is 0.810 bits per heavy atom. The van der Waals surface area contributed by atoms with Crippen molar-refractivity contribution in [2.75, 3.05) is 13.2 Å². The summed E-state index contributed by atoms with van der Waals surface area (Å²) in [5.74, 6) is 1.93. The number of fused-ring (bicyclic) bond motifs is 2. The van der Waals surface area contributed by atoms with Gasteiger partial charge in [0.1, 0.15) is 0 Å². The van der Waals surface area contributed by atoms with Crippen LogP contribution in [0.15, 0.2) is 0 Å². The Kier molecular flexibility index (Phi) is 5.44. The van der Waals surface area contributed by atoms with Gasteiger partial charge in [0, 0.05) is 24.3 Å². The molecule has 3 unspecified atom stereocenters. The first-order valence-electron chi connectivity index (χ1n) is 9.58. The summed E-state index contributed by atoms with van der Waals surface area (Å²) in [6, 6.07) is 0. The molecular formula is C18H34O2Si. The van der Waals surface area contributed by atoms with Crippen LogP contribution in [-0.4, -0.2) is 21.8 Å². The monoisotopic (exact) mass is 310 g/mol. The fraction of sp³-hybridized carbons (Fsp3) is 1.00. The first-order valence-corrected chi connectivity index (χ1v) is 11.5. The van der Waals surface area contributed by atoms with Crippen LogP contribution in [0.2, 0.25) is 11.1 Å². The van der Waals surface area contributed by atoms with Crippen molar-refractivity contribution in [3.63, 3.8) is 0 Å². The van der Waals surface area contributed by atoms with Crippen molar-refractivity contribution in [1.82, 2.24) is 0 Å². The zero-order valence-corrected chi connectivity index (χ0v) is 15.1. The fourth-order valence-electron chi connectivity index (χ4n) is 5.66. The molecule has 3 rings (SSSR count). The second kappa shape index (κ2) is 7.14. The van der Waals surface area contributed by atoms with Crippen molar-refractivity contribution in [2.24, 2.45) is 11.8 Å². The molecule has 0 heterocycles. The van der Waals surface area contributed by atoms with Gasteiger partial charge in [0.2, 0.25) is 0 Å². The van der Waals surface area contributed by atoms with Crippen LogP contribution in [0, 0.1) is 11.8 Å². The fourth-order valence-corrected chi connectivity index (χ4v) is 11.0. The van der Waals surface area contributed by atoms with Crippen molar-refractivity contribution in [3.05, 3.63) is 0 Å². The summed E-state index contributed by atoms with van der Waals surface area (Å²) < 4.78 is 13.2. The van der Waals surface area contributed by atoms with Crippen LogP contribution in [0.1, 0.15) is 78.1 Å². The lowest BCUT2D eigenvalue weighted by atomic mass is 10.0. The molecule has 0 saturated heterocycles. The molecule has 0 radical (unpaired) electrons. The van der Waals surface area contributed by atoms with Crippen LogP contribution in [0.25, 0.3) is 0 Å². The van der Waals surface area contributed by atoms with Gasteiger partial charge >= 0.3 is 8.56 Å². The summed E-state index contributed by atoms with van der Waals surface area (Å²) in [5, 5.41) is 0. The van der Waals surface area contributed by atoms with E-state index in [1.807, 2.05) is 0 Å². The molecule has 3 fully saturated rings. The van der Waals surface area contributed by atoms with Crippen LogP contribution in [0.3, 0.4) is 0 Å². The van der Waals surface area contributed by atoms with Gasteiger partial charge < -0.3 is 8.85 Å². The highest BCUT2D eigenvalue weighted by atomic mass is 28.4. The molecule has 2 bridgehead atoms. The maximum absolute atomic E-state index is 6.62. The quantitative estimate of drug-likeness (QED) is 0.482. The van der Waals surface area contributed by atoms with E-state index >= 15 is 0 Å². The molecule has 122 valence electrons. The Balaban J connectivity index is 1.84. The van der Waals surface area contributed by atoms with Gasteiger partial charge in [-0.25, -0.2) is 0 Å². The molecule has 0 aromatic carbocycles. The summed E-state index contributed by atoms with van der Waals surface area (Å²) in [7, 11) is -2.05. The van der Waals surface area contributed by atoms with E-state index in [1.165, 1.54) is 64.2 Å². The SMILES string of the molecule is CCO[Si](OCC)(C1CCCCCC1)C1CC2CCC1C2. The Bertz CT molecular complexity index is 319. The largest absolute Gasteiger partial charge is 0.394 e. The maximum atomic E-state index is 6.62. The zero-order chi connectivity index (χ0) is 14.7. The summed E-state index contributed by atoms with van der Waals surface area (Å²) >= 11 is 0. The Labute approximate surface area is 132 Å². The van der Waals surface area contributed by atoms with Crippen LogP contribution >= 0.6 is 0 Å². The van der Waals surface area contributed by atoms with Gasteiger partial charge in [0.05, 0.1) is 0 Å². The standard InChI is InChI=1S/C18H34O2Si/c1-3-19-21(20-4-2,17-9-7-5-6-8-10-17)18-14-15-11-12-16(18)13-15/h15-18H,3-14H2,1-2H3. The summed E-state index contributed by atoms with van der Waals surface area (Å²) in [5.41, 5.74) is 1.57. The van der Waals surface area contributed by atoms with E-state index in [1.54, 1.807) is 0 Å². The Hall–Kier alpha value is 0.137. The van der Waals surface area contributed by atoms with Gasteiger partial charge in [-0.2, -0.15) is 0 Å². The smallest absolute Gasteiger partial charge is 0.344 e. The highest BCUT2D eigenvalue weighted by Crippen LogP contribution is 2.59. The topological polar surface area (TPSA) is 18.5 Å². The van der Waals surface area contributed by atoms with Crippen LogP contribution in [0.4, 0.5) is 0 Å². The molecule has 3 aliphatic rings. The van der Waals surface area contributed by atoms with E-state index in [-0.39, 0.29) is 0 Å². The van der Waals surface area contributed by atoms with E-state index in [4.69, 9.17) is 8.85 Å². The number of rotatable bonds is 6. The first kappa shape index (κ1) is 16.0. The number of hydrogen-bond donors (Lipinski definition) is 0. The van der Waals surface area contributed by atoms with E-state index in [0.29, 0.717) is 0 Å². The molecule has 0 aromatic rings. The second-order valence-corrected chi connectivity index (χ2v) is 11.1. The zero-order valence-electron chi connectivity index (χ0n) is 14.1. The molecule has 21 heavy (non-hydrogen) atoms. The highest BCUT2D eigenvalue weighted by Gasteiger charge is 2.58. The van der Waals surface area contributed by atoms with Crippen molar-refractivity contribution in [3.8, 4) is 0 Å². The third-order valence-electron chi connectivity index (χ3n) is 6.42. The molecule has 0 aliphatic heterocycles.